The van der Waals surface area contributed by atoms with Gasteiger partial charge in [-0.1, -0.05) is 0 Å². The van der Waals surface area contributed by atoms with Gasteiger partial charge in [0, 0.05) is 12.6 Å². The summed E-state index contributed by atoms with van der Waals surface area (Å²) in [5.74, 6) is -0.0514. The standard InChI is InChI=1S/C8H14N2O2S/c1-4-9-6(11)7(13)10(5(2)3)8(9)12/h5,11,13H,4H2,1-3H3. The normalized spacial score (nSPS) is 11.2. The van der Waals surface area contributed by atoms with Crippen LogP contribution in [0.15, 0.2) is 9.82 Å². The molecule has 1 heterocycles. The highest BCUT2D eigenvalue weighted by Crippen LogP contribution is 2.22. The highest BCUT2D eigenvalue weighted by atomic mass is 32.1. The van der Waals surface area contributed by atoms with E-state index >= 15 is 0 Å². The molecule has 0 fully saturated rings. The molecule has 0 saturated heterocycles. The van der Waals surface area contributed by atoms with Crippen molar-refractivity contribution in [2.24, 2.45) is 0 Å². The molecule has 13 heavy (non-hydrogen) atoms. The monoisotopic (exact) mass is 202 g/mol. The number of imidazole rings is 1. The lowest BCUT2D eigenvalue weighted by Gasteiger charge is -2.05. The molecule has 0 aliphatic rings. The van der Waals surface area contributed by atoms with Gasteiger partial charge in [-0.05, 0) is 20.8 Å². The Kier molecular flexibility index (Phi) is 2.75. The predicted octanol–water partition coefficient (Wildman–Crippen LogP) is 1.24. The highest BCUT2D eigenvalue weighted by Gasteiger charge is 2.16. The van der Waals surface area contributed by atoms with Crippen LogP contribution in [0, 0.1) is 0 Å². The highest BCUT2D eigenvalue weighted by molar-refractivity contribution is 7.80. The van der Waals surface area contributed by atoms with Gasteiger partial charge in [0.05, 0.1) is 0 Å². The molecule has 0 bridgehead atoms. The lowest BCUT2D eigenvalue weighted by molar-refractivity contribution is 0.405. The molecular formula is C8H14N2O2S. The average molecular weight is 202 g/mol. The lowest BCUT2D eigenvalue weighted by Crippen LogP contribution is -2.25. The van der Waals surface area contributed by atoms with Crippen molar-refractivity contribution in [3.05, 3.63) is 10.5 Å². The van der Waals surface area contributed by atoms with Crippen LogP contribution in [-0.4, -0.2) is 14.2 Å². The molecule has 5 heteroatoms. The summed E-state index contributed by atoms with van der Waals surface area (Å²) in [6.07, 6.45) is 0. The Hall–Kier alpha value is -0.840. The van der Waals surface area contributed by atoms with Crippen LogP contribution in [-0.2, 0) is 6.54 Å². The van der Waals surface area contributed by atoms with E-state index in [0.29, 0.717) is 11.6 Å². The topological polar surface area (TPSA) is 47.2 Å². The molecule has 0 radical (unpaired) electrons. The van der Waals surface area contributed by atoms with Crippen LogP contribution in [0.1, 0.15) is 26.8 Å². The van der Waals surface area contributed by atoms with E-state index in [9.17, 15) is 9.90 Å². The van der Waals surface area contributed by atoms with E-state index in [0.717, 1.165) is 0 Å². The molecule has 4 nitrogen and oxygen atoms in total. The van der Waals surface area contributed by atoms with Crippen LogP contribution < -0.4 is 5.69 Å². The first-order valence-corrected chi connectivity index (χ1v) is 4.68. The third-order valence-electron chi connectivity index (χ3n) is 1.95. The third kappa shape index (κ3) is 1.48. The SMILES string of the molecule is CCn1c(O)c(S)n(C(C)C)c1=O. The van der Waals surface area contributed by atoms with Gasteiger partial charge in [0.2, 0.25) is 5.88 Å². The van der Waals surface area contributed by atoms with Crippen LogP contribution >= 0.6 is 12.6 Å². The van der Waals surface area contributed by atoms with Gasteiger partial charge < -0.3 is 5.11 Å². The molecule has 0 saturated carbocycles. The second-order valence-electron chi connectivity index (χ2n) is 3.14. The summed E-state index contributed by atoms with van der Waals surface area (Å²) in [5, 5.41) is 9.85. The van der Waals surface area contributed by atoms with Gasteiger partial charge >= 0.3 is 5.69 Å². The molecule has 0 atom stereocenters. The molecular weight excluding hydrogens is 188 g/mol. The van der Waals surface area contributed by atoms with Crippen LogP contribution in [0.3, 0.4) is 0 Å². The van der Waals surface area contributed by atoms with Crippen molar-refractivity contribution in [2.45, 2.75) is 38.4 Å². The molecule has 0 aliphatic carbocycles. The largest absolute Gasteiger partial charge is 0.492 e. The Morgan fingerprint density at radius 2 is 2.08 bits per heavy atom. The van der Waals surface area contributed by atoms with Gasteiger partial charge in [-0.15, -0.1) is 12.6 Å². The Labute approximate surface area is 82.2 Å². The summed E-state index contributed by atoms with van der Waals surface area (Å²) in [6.45, 7) is 6.01. The second kappa shape index (κ2) is 3.49. The van der Waals surface area contributed by atoms with Crippen LogP contribution in [0.5, 0.6) is 5.88 Å². The zero-order valence-electron chi connectivity index (χ0n) is 7.98. The summed E-state index contributed by atoms with van der Waals surface area (Å²) in [6, 6.07) is 0.0127. The van der Waals surface area contributed by atoms with Crippen molar-refractivity contribution in [3.8, 4) is 5.88 Å². The molecule has 0 spiro atoms. The van der Waals surface area contributed by atoms with Crippen molar-refractivity contribution in [2.75, 3.05) is 0 Å². The fourth-order valence-electron chi connectivity index (χ4n) is 1.29. The zero-order valence-corrected chi connectivity index (χ0v) is 8.88. The molecule has 1 aromatic rings. The summed E-state index contributed by atoms with van der Waals surface area (Å²) < 4.78 is 2.75. The van der Waals surface area contributed by atoms with E-state index < -0.39 is 0 Å². The number of aromatic hydroxyl groups is 1. The van der Waals surface area contributed by atoms with Gasteiger partial charge in [0.25, 0.3) is 0 Å². The van der Waals surface area contributed by atoms with E-state index in [1.54, 1.807) is 6.92 Å². The number of hydrogen-bond donors (Lipinski definition) is 2. The maximum absolute atomic E-state index is 11.6. The molecule has 0 unspecified atom stereocenters. The smallest absolute Gasteiger partial charge is 0.332 e. The molecule has 74 valence electrons. The lowest BCUT2D eigenvalue weighted by atomic mass is 10.4. The third-order valence-corrected chi connectivity index (χ3v) is 2.37. The maximum atomic E-state index is 11.6. The first-order valence-electron chi connectivity index (χ1n) is 4.23. The van der Waals surface area contributed by atoms with E-state index in [1.165, 1.54) is 9.13 Å². The van der Waals surface area contributed by atoms with Crippen LogP contribution in [0.4, 0.5) is 0 Å². The molecule has 0 amide bonds. The first kappa shape index (κ1) is 10.2. The first-order chi connectivity index (χ1) is 6.00. The van der Waals surface area contributed by atoms with Gasteiger partial charge in [0.15, 0.2) is 0 Å². The fraction of sp³-hybridized carbons (Fsp3) is 0.625. The average Bonchev–Trinajstić information content (AvgIpc) is 2.24. The number of nitrogens with zero attached hydrogens (tertiary/aromatic N) is 2. The minimum Gasteiger partial charge on any atom is -0.492 e. The number of aromatic nitrogens is 2. The van der Waals surface area contributed by atoms with Crippen LogP contribution in [0.25, 0.3) is 0 Å². The summed E-state index contributed by atoms with van der Waals surface area (Å²) in [7, 11) is 0. The van der Waals surface area contributed by atoms with E-state index in [1.807, 2.05) is 13.8 Å². The van der Waals surface area contributed by atoms with Gasteiger partial charge in [-0.2, -0.15) is 0 Å². The molecule has 0 aromatic carbocycles. The van der Waals surface area contributed by atoms with Crippen LogP contribution in [0.2, 0.25) is 0 Å². The van der Waals surface area contributed by atoms with Crippen molar-refractivity contribution in [1.82, 2.24) is 9.13 Å². The Bertz CT molecular complexity index is 365. The molecule has 0 aliphatic heterocycles. The Morgan fingerprint density at radius 1 is 1.54 bits per heavy atom. The van der Waals surface area contributed by atoms with Crippen molar-refractivity contribution >= 4 is 12.6 Å². The van der Waals surface area contributed by atoms with Crippen molar-refractivity contribution in [1.29, 1.82) is 0 Å². The van der Waals surface area contributed by atoms with Crippen molar-refractivity contribution < 1.29 is 5.11 Å². The van der Waals surface area contributed by atoms with E-state index in [4.69, 9.17) is 0 Å². The number of thiol groups is 1. The van der Waals surface area contributed by atoms with Gasteiger partial charge in [0.1, 0.15) is 5.03 Å². The molecule has 1 N–H and O–H groups in total. The fourth-order valence-corrected chi connectivity index (χ4v) is 1.73. The molecule has 1 rings (SSSR count). The predicted molar refractivity (Wildman–Crippen MR) is 53.7 cm³/mol. The van der Waals surface area contributed by atoms with Gasteiger partial charge in [-0.3, -0.25) is 9.13 Å². The van der Waals surface area contributed by atoms with Gasteiger partial charge in [-0.25, -0.2) is 4.79 Å². The minimum absolute atomic E-state index is 0.0127. The summed E-state index contributed by atoms with van der Waals surface area (Å²) >= 11 is 4.09. The zero-order chi connectivity index (χ0) is 10.2. The number of rotatable bonds is 2. The Morgan fingerprint density at radius 3 is 2.31 bits per heavy atom. The van der Waals surface area contributed by atoms with E-state index in [-0.39, 0.29) is 17.6 Å². The quantitative estimate of drug-likeness (QED) is 0.709. The molecule has 1 aromatic heterocycles. The Balaban J connectivity index is 3.46. The van der Waals surface area contributed by atoms with E-state index in [2.05, 4.69) is 12.6 Å². The number of hydrogen-bond acceptors (Lipinski definition) is 3. The van der Waals surface area contributed by atoms with Crippen molar-refractivity contribution in [3.63, 3.8) is 0 Å². The second-order valence-corrected chi connectivity index (χ2v) is 3.56. The maximum Gasteiger partial charge on any atom is 0.332 e. The summed E-state index contributed by atoms with van der Waals surface area (Å²) in [4.78, 5) is 11.6. The minimum atomic E-state index is -0.208. The summed E-state index contributed by atoms with van der Waals surface area (Å²) in [5.41, 5.74) is -0.208.